The summed E-state index contributed by atoms with van der Waals surface area (Å²) in [5.41, 5.74) is 0.00860. The van der Waals surface area contributed by atoms with Gasteiger partial charge < -0.3 is 10.1 Å². The van der Waals surface area contributed by atoms with Gasteiger partial charge in [-0.25, -0.2) is 8.78 Å². The van der Waals surface area contributed by atoms with Crippen LogP contribution in [0.2, 0.25) is 0 Å². The number of hydrogen-bond donors (Lipinski definition) is 1. The number of nitrogens with one attached hydrogen (secondary N) is 1. The van der Waals surface area contributed by atoms with Crippen LogP contribution in [0.25, 0.3) is 0 Å². The number of carbonyl (C=O) groups excluding carboxylic acids is 2. The van der Waals surface area contributed by atoms with Gasteiger partial charge in [-0.15, -0.1) is 0 Å². The molecule has 2 aromatic rings. The van der Waals surface area contributed by atoms with Crippen LogP contribution in [0.4, 0.5) is 14.5 Å². The van der Waals surface area contributed by atoms with E-state index < -0.39 is 17.0 Å². The molecule has 0 aromatic heterocycles. The van der Waals surface area contributed by atoms with Crippen LogP contribution in [0.3, 0.4) is 0 Å². The quantitative estimate of drug-likeness (QED) is 0.514. The van der Waals surface area contributed by atoms with Gasteiger partial charge in [0.05, 0.1) is 23.8 Å². The maximum Gasteiger partial charge on any atom is 0.308 e. The summed E-state index contributed by atoms with van der Waals surface area (Å²) in [4.78, 5) is 22.6. The molecule has 0 unspecified atom stereocenters. The number of hydrogen-bond acceptors (Lipinski definition) is 3. The van der Waals surface area contributed by atoms with E-state index in [0.29, 0.717) is 12.2 Å². The lowest BCUT2D eigenvalue weighted by atomic mass is 9.95. The van der Waals surface area contributed by atoms with Gasteiger partial charge in [0.15, 0.2) is 5.82 Å². The van der Waals surface area contributed by atoms with Crippen LogP contribution in [0.15, 0.2) is 42.5 Å². The zero-order valence-electron chi connectivity index (χ0n) is 18.8. The molecule has 1 amide bonds. The second kappa shape index (κ2) is 11.8. The van der Waals surface area contributed by atoms with Crippen molar-refractivity contribution in [1.82, 2.24) is 0 Å². The highest BCUT2D eigenvalue weighted by molar-refractivity contribution is 5.95. The number of anilines is 1. The first-order valence-corrected chi connectivity index (χ1v) is 9.99. The maximum atomic E-state index is 14.1. The fourth-order valence-corrected chi connectivity index (χ4v) is 2.07. The minimum absolute atomic E-state index is 0.00921. The fraction of sp³-hybridized carbons (Fsp3) is 0.360. The van der Waals surface area contributed by atoms with Crippen LogP contribution >= 0.6 is 0 Å². The highest BCUT2D eigenvalue weighted by atomic mass is 19.1. The summed E-state index contributed by atoms with van der Waals surface area (Å²) in [6.07, 6.45) is 0. The molecule has 1 N–H and O–H groups in total. The third-order valence-corrected chi connectivity index (χ3v) is 3.85. The molecule has 0 bridgehead atoms. The molecular formula is C25H29F2NO3. The molecule has 0 aliphatic carbocycles. The molecule has 4 nitrogen and oxygen atoms in total. The van der Waals surface area contributed by atoms with Crippen LogP contribution < -0.4 is 5.32 Å². The first-order valence-electron chi connectivity index (χ1n) is 9.99. The van der Waals surface area contributed by atoms with Crippen molar-refractivity contribution in [2.75, 3.05) is 11.9 Å². The second-order valence-electron chi connectivity index (χ2n) is 8.04. The summed E-state index contributed by atoms with van der Waals surface area (Å²) in [6.45, 7) is 11.0. The lowest BCUT2D eigenvalue weighted by molar-refractivity contribution is -0.146. The molecule has 0 spiro atoms. The zero-order chi connectivity index (χ0) is 23.6. The van der Waals surface area contributed by atoms with E-state index in [4.69, 9.17) is 0 Å². The van der Waals surface area contributed by atoms with Crippen LogP contribution in [0.5, 0.6) is 0 Å². The van der Waals surface area contributed by atoms with E-state index in [2.05, 4.69) is 21.9 Å². The van der Waals surface area contributed by atoms with Crippen LogP contribution in [-0.2, 0) is 14.3 Å². The number of carbonyl (C=O) groups is 2. The van der Waals surface area contributed by atoms with Crippen molar-refractivity contribution in [2.45, 2.75) is 41.5 Å². The smallest absolute Gasteiger partial charge is 0.308 e. The van der Waals surface area contributed by atoms with Crippen molar-refractivity contribution in [3.8, 4) is 11.8 Å². The van der Waals surface area contributed by atoms with Gasteiger partial charge in [-0.1, -0.05) is 64.7 Å². The predicted octanol–water partition coefficient (Wildman–Crippen LogP) is 5.55. The van der Waals surface area contributed by atoms with E-state index in [1.165, 1.54) is 0 Å². The number of halogens is 2. The Bertz CT molecular complexity index is 952. The van der Waals surface area contributed by atoms with Gasteiger partial charge in [0.2, 0.25) is 5.91 Å². The Hall–Kier alpha value is -3.20. The lowest BCUT2D eigenvalue weighted by Gasteiger charge is -2.18. The standard InChI is InChI=1S/C19H17F2NO.C6H12O2/c1-19(2,3)18(23)22-17-14(11-15(20)12-16(17)21)10-9-13-7-5-4-6-8-13;1-4-8-6(7)5(2)3/h4-8,11-12H,1-3H3,(H,22,23);5H,4H2,1-3H3. The largest absolute Gasteiger partial charge is 0.466 e. The number of esters is 1. The summed E-state index contributed by atoms with van der Waals surface area (Å²) in [5.74, 6) is 3.49. The summed E-state index contributed by atoms with van der Waals surface area (Å²) < 4.78 is 32.2. The van der Waals surface area contributed by atoms with E-state index in [1.807, 2.05) is 32.0 Å². The van der Waals surface area contributed by atoms with Gasteiger partial charge in [0, 0.05) is 17.0 Å². The summed E-state index contributed by atoms with van der Waals surface area (Å²) in [5, 5.41) is 2.50. The molecule has 0 atom stereocenters. The first kappa shape index (κ1) is 25.8. The third kappa shape index (κ3) is 9.00. The summed E-state index contributed by atoms with van der Waals surface area (Å²) >= 11 is 0. The maximum absolute atomic E-state index is 14.1. The summed E-state index contributed by atoms with van der Waals surface area (Å²) in [7, 11) is 0. The van der Waals surface area contributed by atoms with Crippen molar-refractivity contribution < 1.29 is 23.1 Å². The molecule has 0 saturated carbocycles. The predicted molar refractivity (Wildman–Crippen MR) is 118 cm³/mol. The molecule has 0 heterocycles. The molecule has 6 heteroatoms. The number of rotatable bonds is 3. The third-order valence-electron chi connectivity index (χ3n) is 3.85. The topological polar surface area (TPSA) is 55.4 Å². The highest BCUT2D eigenvalue weighted by Gasteiger charge is 2.23. The van der Waals surface area contributed by atoms with E-state index >= 15 is 0 Å². The molecule has 2 rings (SSSR count). The molecule has 0 saturated heterocycles. The number of benzene rings is 2. The van der Waals surface area contributed by atoms with Crippen LogP contribution in [0.1, 0.15) is 52.7 Å². The molecule has 0 aliphatic heterocycles. The fourth-order valence-electron chi connectivity index (χ4n) is 2.07. The molecule has 0 fully saturated rings. The molecule has 0 aliphatic rings. The van der Waals surface area contributed by atoms with Gasteiger partial charge in [0.25, 0.3) is 0 Å². The van der Waals surface area contributed by atoms with Gasteiger partial charge in [0.1, 0.15) is 5.82 Å². The Morgan fingerprint density at radius 3 is 2.16 bits per heavy atom. The van der Waals surface area contributed by atoms with Gasteiger partial charge in [-0.3, -0.25) is 9.59 Å². The second-order valence-corrected chi connectivity index (χ2v) is 8.04. The van der Waals surface area contributed by atoms with E-state index in [-0.39, 0.29) is 29.0 Å². The molecule has 166 valence electrons. The number of amides is 1. The van der Waals surface area contributed by atoms with Crippen molar-refractivity contribution in [2.24, 2.45) is 11.3 Å². The molecular weight excluding hydrogens is 400 g/mol. The van der Waals surface area contributed by atoms with E-state index in [9.17, 15) is 18.4 Å². The van der Waals surface area contributed by atoms with Crippen LogP contribution in [0, 0.1) is 34.8 Å². The minimum Gasteiger partial charge on any atom is -0.466 e. The first-order chi connectivity index (χ1) is 14.5. The van der Waals surface area contributed by atoms with Gasteiger partial charge >= 0.3 is 5.97 Å². The molecule has 2 aromatic carbocycles. The van der Waals surface area contributed by atoms with Crippen molar-refractivity contribution in [3.63, 3.8) is 0 Å². The van der Waals surface area contributed by atoms with Crippen LogP contribution in [-0.4, -0.2) is 18.5 Å². The molecule has 0 radical (unpaired) electrons. The Labute approximate surface area is 183 Å². The van der Waals surface area contributed by atoms with Crippen molar-refractivity contribution in [3.05, 3.63) is 65.2 Å². The average Bonchev–Trinajstić information content (AvgIpc) is 2.69. The van der Waals surface area contributed by atoms with Crippen molar-refractivity contribution in [1.29, 1.82) is 0 Å². The average molecular weight is 430 g/mol. The zero-order valence-corrected chi connectivity index (χ0v) is 18.8. The van der Waals surface area contributed by atoms with E-state index in [1.54, 1.807) is 39.8 Å². The Morgan fingerprint density at radius 1 is 1.06 bits per heavy atom. The Morgan fingerprint density at radius 2 is 1.68 bits per heavy atom. The van der Waals surface area contributed by atoms with Crippen molar-refractivity contribution >= 4 is 17.6 Å². The SMILES string of the molecule is CC(C)(C)C(=O)Nc1c(F)cc(F)cc1C#Cc1ccccc1.CCOC(=O)C(C)C. The normalized spacial score (nSPS) is 10.4. The van der Waals surface area contributed by atoms with E-state index in [0.717, 1.165) is 12.1 Å². The number of ether oxygens (including phenoxy) is 1. The Kier molecular flexibility index (Phi) is 9.88. The van der Waals surface area contributed by atoms with Gasteiger partial charge in [-0.05, 0) is 25.1 Å². The minimum atomic E-state index is -0.847. The monoisotopic (exact) mass is 429 g/mol. The lowest BCUT2D eigenvalue weighted by Crippen LogP contribution is -2.28. The highest BCUT2D eigenvalue weighted by Crippen LogP contribution is 2.24. The Balaban J connectivity index is 0.000000512. The summed E-state index contributed by atoms with van der Waals surface area (Å²) in [6, 6.07) is 10.9. The molecule has 31 heavy (non-hydrogen) atoms. The van der Waals surface area contributed by atoms with Gasteiger partial charge in [-0.2, -0.15) is 0 Å².